The maximum Gasteiger partial charge on any atom is 0.137 e. The minimum absolute atomic E-state index is 0.310. The van der Waals surface area contributed by atoms with E-state index < -0.39 is 0 Å². The second kappa shape index (κ2) is 7.60. The van der Waals surface area contributed by atoms with Gasteiger partial charge in [-0.25, -0.2) is 0 Å². The smallest absolute Gasteiger partial charge is 0.137 e. The summed E-state index contributed by atoms with van der Waals surface area (Å²) in [6.07, 6.45) is 12.2. The van der Waals surface area contributed by atoms with Crippen LogP contribution in [-0.2, 0) is 4.74 Å². The fourth-order valence-electron chi connectivity index (χ4n) is 2.21. The molecule has 0 aromatic carbocycles. The van der Waals surface area contributed by atoms with Crippen molar-refractivity contribution < 1.29 is 4.74 Å². The molecule has 1 rings (SSSR count). The van der Waals surface area contributed by atoms with E-state index in [2.05, 4.69) is 13.5 Å². The van der Waals surface area contributed by atoms with Gasteiger partial charge in [0, 0.05) is 0 Å². The molecule has 0 radical (unpaired) electrons. The van der Waals surface area contributed by atoms with Crippen LogP contribution in [0, 0.1) is 5.92 Å². The normalized spacial score (nSPS) is 26.2. The Kier molecular flexibility index (Phi) is 6.43. The van der Waals surface area contributed by atoms with Gasteiger partial charge in [-0.3, -0.25) is 0 Å². The van der Waals surface area contributed by atoms with Gasteiger partial charge < -0.3 is 4.74 Å². The first-order chi connectivity index (χ1) is 8.17. The summed E-state index contributed by atoms with van der Waals surface area (Å²) in [6.45, 7) is 7.98. The standard InChI is InChI=1S/C15H23ClO/c1-4-6-7-15(12(3)16)17-14-10-8-13(5-2)9-11-14/h4,6-7,13-14H,3,5,8-11H2,1-2H3. The van der Waals surface area contributed by atoms with Gasteiger partial charge in [0.25, 0.3) is 0 Å². The van der Waals surface area contributed by atoms with Gasteiger partial charge in [-0.1, -0.05) is 43.7 Å². The second-order valence-electron chi connectivity index (χ2n) is 4.63. The van der Waals surface area contributed by atoms with E-state index in [1.165, 1.54) is 19.3 Å². The molecule has 1 nitrogen and oxygen atoms in total. The minimum Gasteiger partial charge on any atom is -0.489 e. The van der Waals surface area contributed by atoms with Crippen LogP contribution in [0.3, 0.4) is 0 Å². The van der Waals surface area contributed by atoms with Gasteiger partial charge in [-0.15, -0.1) is 0 Å². The van der Waals surface area contributed by atoms with E-state index in [0.29, 0.717) is 16.9 Å². The predicted octanol–water partition coefficient (Wildman–Crippen LogP) is 5.18. The predicted molar refractivity (Wildman–Crippen MR) is 75.0 cm³/mol. The zero-order valence-electron chi connectivity index (χ0n) is 10.9. The maximum atomic E-state index is 5.93. The van der Waals surface area contributed by atoms with Gasteiger partial charge in [-0.05, 0) is 44.6 Å². The van der Waals surface area contributed by atoms with Crippen LogP contribution in [-0.4, -0.2) is 6.10 Å². The number of allylic oxidation sites excluding steroid dienone is 4. The molecule has 0 heterocycles. The number of ether oxygens (including phenoxy) is 1. The van der Waals surface area contributed by atoms with E-state index in [9.17, 15) is 0 Å². The quantitative estimate of drug-likeness (QED) is 0.485. The first kappa shape index (κ1) is 14.4. The van der Waals surface area contributed by atoms with E-state index in [1.54, 1.807) is 0 Å². The van der Waals surface area contributed by atoms with Gasteiger partial charge in [0.1, 0.15) is 5.76 Å². The molecule has 0 aromatic rings. The second-order valence-corrected chi connectivity index (χ2v) is 5.09. The van der Waals surface area contributed by atoms with Crippen LogP contribution in [0.5, 0.6) is 0 Å². The molecule has 1 fully saturated rings. The van der Waals surface area contributed by atoms with Gasteiger partial charge in [0.05, 0.1) is 11.1 Å². The summed E-state index contributed by atoms with van der Waals surface area (Å²) in [7, 11) is 0. The third-order valence-corrected chi connectivity index (χ3v) is 3.56. The van der Waals surface area contributed by atoms with Crippen molar-refractivity contribution in [3.05, 3.63) is 35.6 Å². The Morgan fingerprint density at radius 3 is 2.47 bits per heavy atom. The molecule has 0 saturated heterocycles. The maximum absolute atomic E-state index is 5.93. The fourth-order valence-corrected chi connectivity index (χ4v) is 2.32. The molecule has 0 N–H and O–H groups in total. The van der Waals surface area contributed by atoms with Gasteiger partial charge in [0.2, 0.25) is 0 Å². The number of halogens is 1. The summed E-state index contributed by atoms with van der Waals surface area (Å²) in [5.74, 6) is 1.60. The molecule has 0 aliphatic heterocycles. The Balaban J connectivity index is 2.49. The zero-order valence-corrected chi connectivity index (χ0v) is 11.7. The molecule has 17 heavy (non-hydrogen) atoms. The largest absolute Gasteiger partial charge is 0.489 e. The fraction of sp³-hybridized carbons (Fsp3) is 0.600. The molecule has 1 aliphatic rings. The molecule has 0 amide bonds. The first-order valence-corrected chi connectivity index (χ1v) is 6.89. The first-order valence-electron chi connectivity index (χ1n) is 6.51. The highest BCUT2D eigenvalue weighted by molar-refractivity contribution is 6.31. The van der Waals surface area contributed by atoms with E-state index in [4.69, 9.17) is 16.3 Å². The SMILES string of the molecule is C=C(Cl)C(=CC=CC)OC1CCC(CC)CC1. The molecule has 96 valence electrons. The van der Waals surface area contributed by atoms with Crippen molar-refractivity contribution >= 4 is 11.6 Å². The van der Waals surface area contributed by atoms with Crippen LogP contribution in [0.2, 0.25) is 0 Å². The van der Waals surface area contributed by atoms with Crippen LogP contribution >= 0.6 is 11.6 Å². The Morgan fingerprint density at radius 2 is 2.00 bits per heavy atom. The van der Waals surface area contributed by atoms with Crippen molar-refractivity contribution in [1.29, 1.82) is 0 Å². The third kappa shape index (κ3) is 4.99. The lowest BCUT2D eigenvalue weighted by Gasteiger charge is -2.29. The van der Waals surface area contributed by atoms with E-state index in [-0.39, 0.29) is 0 Å². The molecule has 2 heteroatoms. The molecule has 0 unspecified atom stereocenters. The lowest BCUT2D eigenvalue weighted by Crippen LogP contribution is -2.21. The Labute approximate surface area is 110 Å². The van der Waals surface area contributed by atoms with Crippen LogP contribution in [0.25, 0.3) is 0 Å². The van der Waals surface area contributed by atoms with Gasteiger partial charge in [-0.2, -0.15) is 0 Å². The highest BCUT2D eigenvalue weighted by Gasteiger charge is 2.21. The van der Waals surface area contributed by atoms with Crippen molar-refractivity contribution in [3.63, 3.8) is 0 Å². The van der Waals surface area contributed by atoms with Gasteiger partial charge >= 0.3 is 0 Å². The average Bonchev–Trinajstić information content (AvgIpc) is 2.35. The molecular weight excluding hydrogens is 232 g/mol. The summed E-state index contributed by atoms with van der Waals surface area (Å²) in [6, 6.07) is 0. The number of hydrogen-bond donors (Lipinski definition) is 0. The van der Waals surface area contributed by atoms with Crippen molar-refractivity contribution in [1.82, 2.24) is 0 Å². The highest BCUT2D eigenvalue weighted by atomic mass is 35.5. The Hall–Kier alpha value is -0.690. The average molecular weight is 255 g/mol. The van der Waals surface area contributed by atoms with Crippen molar-refractivity contribution in [2.24, 2.45) is 5.92 Å². The van der Waals surface area contributed by atoms with Crippen molar-refractivity contribution in [3.8, 4) is 0 Å². The molecule has 0 atom stereocenters. The van der Waals surface area contributed by atoms with E-state index >= 15 is 0 Å². The number of rotatable bonds is 5. The minimum atomic E-state index is 0.310. The summed E-state index contributed by atoms with van der Waals surface area (Å²) in [4.78, 5) is 0. The molecule has 0 bridgehead atoms. The Morgan fingerprint density at radius 1 is 1.35 bits per heavy atom. The summed E-state index contributed by atoms with van der Waals surface area (Å²) in [5, 5.41) is 0.487. The van der Waals surface area contributed by atoms with Gasteiger partial charge in [0.15, 0.2) is 0 Å². The Bertz CT molecular complexity index is 296. The topological polar surface area (TPSA) is 9.23 Å². The zero-order chi connectivity index (χ0) is 12.7. The molecule has 1 aliphatic carbocycles. The van der Waals surface area contributed by atoms with Crippen LogP contribution in [0.1, 0.15) is 46.0 Å². The summed E-state index contributed by atoms with van der Waals surface area (Å²) < 4.78 is 5.93. The number of hydrogen-bond acceptors (Lipinski definition) is 1. The molecule has 0 aromatic heterocycles. The summed E-state index contributed by atoms with van der Waals surface area (Å²) in [5.41, 5.74) is 0. The van der Waals surface area contributed by atoms with Crippen molar-refractivity contribution in [2.75, 3.05) is 0 Å². The summed E-state index contributed by atoms with van der Waals surface area (Å²) >= 11 is 5.93. The molecular formula is C15H23ClO. The lowest BCUT2D eigenvalue weighted by molar-refractivity contribution is 0.0727. The van der Waals surface area contributed by atoms with Crippen molar-refractivity contribution in [2.45, 2.75) is 52.1 Å². The monoisotopic (exact) mass is 254 g/mol. The van der Waals surface area contributed by atoms with Crippen LogP contribution < -0.4 is 0 Å². The van der Waals surface area contributed by atoms with E-state index in [0.717, 1.165) is 18.8 Å². The van der Waals surface area contributed by atoms with Crippen LogP contribution in [0.4, 0.5) is 0 Å². The highest BCUT2D eigenvalue weighted by Crippen LogP contribution is 2.30. The molecule has 0 spiro atoms. The molecule has 1 saturated carbocycles. The third-order valence-electron chi connectivity index (χ3n) is 3.37. The van der Waals surface area contributed by atoms with E-state index in [1.807, 2.05) is 25.2 Å². The lowest BCUT2D eigenvalue weighted by atomic mass is 9.86. The van der Waals surface area contributed by atoms with Crippen LogP contribution in [0.15, 0.2) is 35.6 Å².